The van der Waals surface area contributed by atoms with E-state index in [1.165, 1.54) is 0 Å². The molecule has 2 rings (SSSR count). The summed E-state index contributed by atoms with van der Waals surface area (Å²) in [5, 5.41) is 10.7. The van der Waals surface area contributed by atoms with Crippen LogP contribution in [0.3, 0.4) is 0 Å². The number of β-amino-alcohol motifs (C(OH)–C–C–N with tert-alkyl or cyclic N) is 1. The predicted octanol–water partition coefficient (Wildman–Crippen LogP) is 2.16. The first-order valence-electron chi connectivity index (χ1n) is 5.86. The van der Waals surface area contributed by atoms with Gasteiger partial charge >= 0.3 is 0 Å². The number of benzene rings is 1. The molecule has 1 atom stereocenters. The second-order valence-corrected chi connectivity index (χ2v) is 4.52. The summed E-state index contributed by atoms with van der Waals surface area (Å²) < 4.78 is 0. The summed E-state index contributed by atoms with van der Waals surface area (Å²) in [5.74, 6) is 0. The van der Waals surface area contributed by atoms with Crippen molar-refractivity contribution in [1.82, 2.24) is 4.90 Å². The molecule has 1 aromatic carbocycles. The van der Waals surface area contributed by atoms with Crippen LogP contribution in [0.5, 0.6) is 0 Å². The molecule has 0 saturated carbocycles. The number of piperidine rings is 1. The molecule has 16 heavy (non-hydrogen) atoms. The lowest BCUT2D eigenvalue weighted by Crippen LogP contribution is -2.46. The third-order valence-electron chi connectivity index (χ3n) is 3.25. The van der Waals surface area contributed by atoms with E-state index in [1.807, 2.05) is 36.4 Å². The topological polar surface area (TPSA) is 23.5 Å². The quantitative estimate of drug-likeness (QED) is 0.784. The lowest BCUT2D eigenvalue weighted by molar-refractivity contribution is -0.0321. The second-order valence-electron chi connectivity index (χ2n) is 4.52. The van der Waals surface area contributed by atoms with Crippen molar-refractivity contribution < 1.29 is 5.11 Å². The normalized spacial score (nSPS) is 26.6. The van der Waals surface area contributed by atoms with Crippen LogP contribution >= 0.6 is 0 Å². The number of rotatable bonds is 3. The van der Waals surface area contributed by atoms with Gasteiger partial charge in [-0.15, -0.1) is 6.58 Å². The molecule has 1 N–H and O–H groups in total. The van der Waals surface area contributed by atoms with Gasteiger partial charge in [-0.3, -0.25) is 4.90 Å². The van der Waals surface area contributed by atoms with Crippen molar-refractivity contribution in [3.05, 3.63) is 48.6 Å². The first-order valence-corrected chi connectivity index (χ1v) is 5.86. The first-order chi connectivity index (χ1) is 7.74. The molecule has 1 saturated heterocycles. The van der Waals surface area contributed by atoms with Crippen molar-refractivity contribution in [1.29, 1.82) is 0 Å². The Morgan fingerprint density at radius 2 is 2.12 bits per heavy atom. The van der Waals surface area contributed by atoms with Crippen LogP contribution in [0.2, 0.25) is 0 Å². The summed E-state index contributed by atoms with van der Waals surface area (Å²) in [6, 6.07) is 9.98. The number of likely N-dealkylation sites (tertiary alicyclic amines) is 1. The molecule has 0 bridgehead atoms. The third kappa shape index (κ3) is 2.34. The van der Waals surface area contributed by atoms with Crippen molar-refractivity contribution in [2.24, 2.45) is 0 Å². The van der Waals surface area contributed by atoms with Gasteiger partial charge in [0.25, 0.3) is 0 Å². The van der Waals surface area contributed by atoms with Gasteiger partial charge in [-0.25, -0.2) is 0 Å². The minimum absolute atomic E-state index is 0.678. The van der Waals surface area contributed by atoms with E-state index < -0.39 is 5.60 Å². The van der Waals surface area contributed by atoms with Crippen LogP contribution < -0.4 is 0 Å². The van der Waals surface area contributed by atoms with Gasteiger partial charge in [0.1, 0.15) is 5.60 Å². The Kier molecular flexibility index (Phi) is 3.42. The van der Waals surface area contributed by atoms with Crippen molar-refractivity contribution in [3.8, 4) is 0 Å². The maximum Gasteiger partial charge on any atom is 0.102 e. The van der Waals surface area contributed by atoms with Gasteiger partial charge in [-0.2, -0.15) is 0 Å². The van der Waals surface area contributed by atoms with Gasteiger partial charge in [0, 0.05) is 13.1 Å². The smallest absolute Gasteiger partial charge is 0.102 e. The van der Waals surface area contributed by atoms with Crippen LogP contribution in [-0.2, 0) is 5.60 Å². The number of aliphatic hydroxyl groups is 1. The maximum absolute atomic E-state index is 10.7. The fourth-order valence-corrected chi connectivity index (χ4v) is 2.45. The third-order valence-corrected chi connectivity index (χ3v) is 3.25. The molecule has 1 heterocycles. The van der Waals surface area contributed by atoms with Crippen LogP contribution in [0.1, 0.15) is 18.4 Å². The zero-order valence-corrected chi connectivity index (χ0v) is 9.60. The second kappa shape index (κ2) is 4.81. The van der Waals surface area contributed by atoms with Gasteiger partial charge in [-0.05, 0) is 24.9 Å². The molecule has 1 fully saturated rings. The Hall–Kier alpha value is -1.12. The SMILES string of the molecule is C=CCN1CCCC(O)(c2ccccc2)C1. The zero-order chi connectivity index (χ0) is 11.4. The average Bonchev–Trinajstić information content (AvgIpc) is 2.31. The lowest BCUT2D eigenvalue weighted by Gasteiger charge is -2.39. The molecule has 2 heteroatoms. The molecule has 0 aliphatic carbocycles. The van der Waals surface area contributed by atoms with E-state index in [0.717, 1.165) is 31.5 Å². The highest BCUT2D eigenvalue weighted by Crippen LogP contribution is 2.31. The fourth-order valence-electron chi connectivity index (χ4n) is 2.45. The van der Waals surface area contributed by atoms with Crippen molar-refractivity contribution in [2.75, 3.05) is 19.6 Å². The van der Waals surface area contributed by atoms with E-state index in [0.29, 0.717) is 6.54 Å². The van der Waals surface area contributed by atoms with E-state index in [4.69, 9.17) is 0 Å². The summed E-state index contributed by atoms with van der Waals surface area (Å²) in [6.07, 6.45) is 3.79. The first kappa shape index (κ1) is 11.4. The molecule has 86 valence electrons. The van der Waals surface area contributed by atoms with Crippen molar-refractivity contribution >= 4 is 0 Å². The van der Waals surface area contributed by atoms with Crippen LogP contribution in [0.15, 0.2) is 43.0 Å². The summed E-state index contributed by atoms with van der Waals surface area (Å²) in [7, 11) is 0. The largest absolute Gasteiger partial charge is 0.384 e. The molecule has 0 amide bonds. The molecule has 0 radical (unpaired) electrons. The van der Waals surface area contributed by atoms with Crippen molar-refractivity contribution in [3.63, 3.8) is 0 Å². The standard InChI is InChI=1S/C14H19NO/c1-2-10-15-11-6-9-14(16,12-15)13-7-4-3-5-8-13/h2-5,7-8,16H,1,6,9-12H2. The van der Waals surface area contributed by atoms with E-state index in [9.17, 15) is 5.11 Å². The number of nitrogens with zero attached hydrogens (tertiary/aromatic N) is 1. The van der Waals surface area contributed by atoms with Crippen LogP contribution in [0.4, 0.5) is 0 Å². The Morgan fingerprint density at radius 3 is 2.81 bits per heavy atom. The highest BCUT2D eigenvalue weighted by atomic mass is 16.3. The Labute approximate surface area is 97.2 Å². The molecule has 2 nitrogen and oxygen atoms in total. The van der Waals surface area contributed by atoms with Gasteiger partial charge in [0.15, 0.2) is 0 Å². The average molecular weight is 217 g/mol. The molecule has 1 unspecified atom stereocenters. The highest BCUT2D eigenvalue weighted by molar-refractivity contribution is 5.23. The van der Waals surface area contributed by atoms with E-state index in [1.54, 1.807) is 0 Å². The Morgan fingerprint density at radius 1 is 1.38 bits per heavy atom. The van der Waals surface area contributed by atoms with E-state index in [-0.39, 0.29) is 0 Å². The van der Waals surface area contributed by atoms with Gasteiger partial charge in [-0.1, -0.05) is 36.4 Å². The van der Waals surface area contributed by atoms with E-state index >= 15 is 0 Å². The minimum atomic E-state index is -0.678. The summed E-state index contributed by atoms with van der Waals surface area (Å²) in [5.41, 5.74) is 0.353. The Bertz CT molecular complexity index is 349. The lowest BCUT2D eigenvalue weighted by atomic mass is 9.86. The number of hydrogen-bond acceptors (Lipinski definition) is 2. The fraction of sp³-hybridized carbons (Fsp3) is 0.429. The number of hydrogen-bond donors (Lipinski definition) is 1. The molecule has 1 aliphatic rings. The molecule has 0 aromatic heterocycles. The van der Waals surface area contributed by atoms with Crippen LogP contribution in [0.25, 0.3) is 0 Å². The summed E-state index contributed by atoms with van der Waals surface area (Å²) in [6.45, 7) is 6.38. The Balaban J connectivity index is 2.15. The molecular formula is C14H19NO. The highest BCUT2D eigenvalue weighted by Gasteiger charge is 2.34. The summed E-state index contributed by atoms with van der Waals surface area (Å²) in [4.78, 5) is 2.25. The maximum atomic E-state index is 10.7. The zero-order valence-electron chi connectivity index (χ0n) is 9.60. The molecular weight excluding hydrogens is 198 g/mol. The molecule has 1 aromatic rings. The van der Waals surface area contributed by atoms with Crippen molar-refractivity contribution in [2.45, 2.75) is 18.4 Å². The summed E-state index contributed by atoms with van der Waals surface area (Å²) >= 11 is 0. The predicted molar refractivity (Wildman–Crippen MR) is 66.2 cm³/mol. The van der Waals surface area contributed by atoms with Crippen LogP contribution in [-0.4, -0.2) is 29.6 Å². The van der Waals surface area contributed by atoms with Crippen LogP contribution in [0, 0.1) is 0 Å². The molecule has 0 spiro atoms. The monoisotopic (exact) mass is 217 g/mol. The minimum Gasteiger partial charge on any atom is -0.384 e. The van der Waals surface area contributed by atoms with Gasteiger partial charge < -0.3 is 5.11 Å². The molecule has 1 aliphatic heterocycles. The van der Waals surface area contributed by atoms with Gasteiger partial charge in [0.2, 0.25) is 0 Å². The van der Waals surface area contributed by atoms with E-state index in [2.05, 4.69) is 11.5 Å². The van der Waals surface area contributed by atoms with Gasteiger partial charge in [0.05, 0.1) is 0 Å².